The maximum Gasteiger partial charge on any atom is 0.265 e. The molecule has 1 aliphatic carbocycles. The number of hydrogen-bond acceptors (Lipinski definition) is 4. The lowest BCUT2D eigenvalue weighted by Crippen LogP contribution is -2.38. The third kappa shape index (κ3) is 3.04. The van der Waals surface area contributed by atoms with Gasteiger partial charge in [0.05, 0.1) is 12.2 Å². The van der Waals surface area contributed by atoms with Crippen molar-refractivity contribution in [1.29, 1.82) is 0 Å². The van der Waals surface area contributed by atoms with Crippen LogP contribution in [0.3, 0.4) is 0 Å². The first-order valence-electron chi connectivity index (χ1n) is 10.8. The van der Waals surface area contributed by atoms with Crippen LogP contribution in [0.2, 0.25) is 0 Å². The number of aryl methyl sites for hydroxylation is 1. The van der Waals surface area contributed by atoms with Crippen LogP contribution in [0, 0.1) is 0 Å². The molecule has 5 rings (SSSR count). The summed E-state index contributed by atoms with van der Waals surface area (Å²) in [6, 6.07) is 3.23. The summed E-state index contributed by atoms with van der Waals surface area (Å²) in [5.74, 6) is 2.40. The summed E-state index contributed by atoms with van der Waals surface area (Å²) in [5.41, 5.74) is 8.69. The maximum absolute atomic E-state index is 13.5. The van der Waals surface area contributed by atoms with Crippen LogP contribution in [0.1, 0.15) is 67.6 Å². The molecular weight excluding hydrogens is 388 g/mol. The van der Waals surface area contributed by atoms with E-state index in [1.54, 1.807) is 13.0 Å². The summed E-state index contributed by atoms with van der Waals surface area (Å²) in [4.78, 5) is 21.0. The van der Waals surface area contributed by atoms with E-state index in [9.17, 15) is 13.6 Å². The van der Waals surface area contributed by atoms with Gasteiger partial charge in [0.15, 0.2) is 5.82 Å². The first-order valence-corrected chi connectivity index (χ1v) is 10.8. The van der Waals surface area contributed by atoms with Gasteiger partial charge < -0.3 is 20.1 Å². The largest absolute Gasteiger partial charge is 0.398 e. The van der Waals surface area contributed by atoms with Gasteiger partial charge >= 0.3 is 0 Å². The van der Waals surface area contributed by atoms with Crippen LogP contribution >= 0.6 is 0 Å². The van der Waals surface area contributed by atoms with Crippen LogP contribution in [0.15, 0.2) is 12.1 Å². The van der Waals surface area contributed by atoms with Crippen LogP contribution in [0.4, 0.5) is 26.0 Å². The lowest BCUT2D eigenvalue weighted by molar-refractivity contribution is -0.130. The van der Waals surface area contributed by atoms with Gasteiger partial charge in [-0.05, 0) is 43.4 Å². The number of carbonyl (C=O) groups excluding carboxylic acids is 1. The molecule has 0 saturated heterocycles. The van der Waals surface area contributed by atoms with Gasteiger partial charge in [-0.25, -0.2) is 13.8 Å². The number of halogens is 2. The third-order valence-corrected chi connectivity index (χ3v) is 6.82. The number of anilines is 3. The molecule has 3 aliphatic rings. The minimum atomic E-state index is -2.62. The van der Waals surface area contributed by atoms with Gasteiger partial charge in [0.25, 0.3) is 6.43 Å². The molecule has 1 aromatic carbocycles. The number of aromatic nitrogens is 2. The molecule has 1 saturated carbocycles. The van der Waals surface area contributed by atoms with Crippen molar-refractivity contribution in [2.24, 2.45) is 0 Å². The molecule has 30 heavy (non-hydrogen) atoms. The van der Waals surface area contributed by atoms with Crippen molar-refractivity contribution in [2.75, 3.05) is 23.7 Å². The summed E-state index contributed by atoms with van der Waals surface area (Å²) in [5, 5.41) is 0. The second-order valence-corrected chi connectivity index (χ2v) is 8.63. The molecule has 1 amide bonds. The second kappa shape index (κ2) is 7.25. The van der Waals surface area contributed by atoms with E-state index in [2.05, 4.69) is 9.47 Å². The smallest absolute Gasteiger partial charge is 0.265 e. The molecule has 0 radical (unpaired) electrons. The molecule has 2 aromatic rings. The number of imidazole rings is 1. The highest BCUT2D eigenvalue weighted by molar-refractivity contribution is 5.75. The van der Waals surface area contributed by atoms with E-state index in [0.717, 1.165) is 60.8 Å². The average molecular weight is 415 g/mol. The fourth-order valence-corrected chi connectivity index (χ4v) is 4.92. The summed E-state index contributed by atoms with van der Waals surface area (Å²) < 4.78 is 29.4. The summed E-state index contributed by atoms with van der Waals surface area (Å²) >= 11 is 0. The van der Waals surface area contributed by atoms with Gasteiger partial charge in [-0.3, -0.25) is 4.79 Å². The number of nitrogens with two attached hydrogens (primary N) is 1. The molecule has 0 unspecified atom stereocenters. The number of benzene rings is 1. The maximum atomic E-state index is 13.5. The summed E-state index contributed by atoms with van der Waals surface area (Å²) in [6.07, 6.45) is 2.58. The van der Waals surface area contributed by atoms with Crippen molar-refractivity contribution >= 4 is 23.1 Å². The number of amides is 1. The molecule has 160 valence electrons. The monoisotopic (exact) mass is 415 g/mol. The van der Waals surface area contributed by atoms with E-state index in [-0.39, 0.29) is 17.2 Å². The Kier molecular flexibility index (Phi) is 4.67. The van der Waals surface area contributed by atoms with Crippen molar-refractivity contribution in [3.8, 4) is 0 Å². The molecule has 6 nitrogen and oxygen atoms in total. The highest BCUT2D eigenvalue weighted by Gasteiger charge is 2.34. The minimum absolute atomic E-state index is 0.0467. The lowest BCUT2D eigenvalue weighted by atomic mass is 9.85. The Hall–Kier alpha value is -2.64. The molecule has 8 heteroatoms. The Morgan fingerprint density at radius 2 is 2.00 bits per heavy atom. The fraction of sp³-hybridized carbons (Fsp3) is 0.545. The van der Waals surface area contributed by atoms with Gasteiger partial charge in [-0.15, -0.1) is 0 Å². The van der Waals surface area contributed by atoms with E-state index >= 15 is 0 Å². The van der Waals surface area contributed by atoms with Crippen molar-refractivity contribution in [1.82, 2.24) is 14.5 Å². The van der Waals surface area contributed by atoms with E-state index in [1.165, 1.54) is 12.5 Å². The average Bonchev–Trinajstić information content (AvgIpc) is 3.03. The standard InChI is InChI=1S/C22H27F2N5O/c1-13(30)27-8-9-29-19(12-27)22(26-21(29)14-4-2-5-14)28-7-3-6-15-10-17(25)16(20(23)24)11-18(15)28/h10-11,14,20H,2-9,12,25H2,1H3. The van der Waals surface area contributed by atoms with Gasteiger partial charge in [-0.2, -0.15) is 0 Å². The fourth-order valence-electron chi connectivity index (χ4n) is 4.92. The minimum Gasteiger partial charge on any atom is -0.398 e. The van der Waals surface area contributed by atoms with Crippen molar-refractivity contribution < 1.29 is 13.6 Å². The Labute approximate surface area is 174 Å². The Bertz CT molecular complexity index is 998. The van der Waals surface area contributed by atoms with Crippen LogP contribution in [0.25, 0.3) is 0 Å². The quantitative estimate of drug-likeness (QED) is 0.766. The molecule has 0 atom stereocenters. The zero-order valence-electron chi connectivity index (χ0n) is 17.2. The van der Waals surface area contributed by atoms with Crippen LogP contribution < -0.4 is 10.6 Å². The van der Waals surface area contributed by atoms with Gasteiger partial charge in [0.1, 0.15) is 5.82 Å². The van der Waals surface area contributed by atoms with Crippen LogP contribution in [-0.2, 0) is 24.3 Å². The molecule has 1 fully saturated rings. The van der Waals surface area contributed by atoms with Crippen LogP contribution in [-0.4, -0.2) is 33.4 Å². The van der Waals surface area contributed by atoms with Gasteiger partial charge in [0.2, 0.25) is 5.91 Å². The number of rotatable bonds is 3. The molecule has 1 aromatic heterocycles. The number of nitrogen functional groups attached to an aromatic ring is 1. The second-order valence-electron chi connectivity index (χ2n) is 8.63. The molecule has 2 N–H and O–H groups in total. The topological polar surface area (TPSA) is 67.4 Å². The first kappa shape index (κ1) is 19.3. The third-order valence-electron chi connectivity index (χ3n) is 6.82. The van der Waals surface area contributed by atoms with Gasteiger partial charge in [0, 0.05) is 49.4 Å². The molecule has 2 aliphatic heterocycles. The number of hydrogen-bond donors (Lipinski definition) is 1. The normalized spacial score (nSPS) is 18.9. The van der Waals surface area contributed by atoms with Crippen molar-refractivity contribution in [3.05, 3.63) is 34.8 Å². The van der Waals surface area contributed by atoms with Crippen molar-refractivity contribution in [2.45, 2.75) is 64.5 Å². The lowest BCUT2D eigenvalue weighted by Gasteiger charge is -2.34. The molecular formula is C22H27F2N5O. The predicted octanol–water partition coefficient (Wildman–Crippen LogP) is 4.12. The Morgan fingerprint density at radius 1 is 1.20 bits per heavy atom. The van der Waals surface area contributed by atoms with E-state index < -0.39 is 6.43 Å². The van der Waals surface area contributed by atoms with E-state index in [0.29, 0.717) is 25.6 Å². The zero-order valence-corrected chi connectivity index (χ0v) is 17.2. The number of alkyl halides is 2. The highest BCUT2D eigenvalue weighted by Crippen LogP contribution is 2.43. The molecule has 3 heterocycles. The van der Waals surface area contributed by atoms with E-state index in [4.69, 9.17) is 10.7 Å². The number of nitrogens with zero attached hydrogens (tertiary/aromatic N) is 4. The zero-order chi connectivity index (χ0) is 21.0. The molecule has 0 bridgehead atoms. The van der Waals surface area contributed by atoms with E-state index in [1.807, 2.05) is 4.90 Å². The summed E-state index contributed by atoms with van der Waals surface area (Å²) in [6.45, 7) is 4.23. The SMILES string of the molecule is CC(=O)N1CCn2c(C3CCC3)nc(N3CCCc4cc(N)c(C(F)F)cc43)c2C1. The summed E-state index contributed by atoms with van der Waals surface area (Å²) in [7, 11) is 0. The van der Waals surface area contributed by atoms with Gasteiger partial charge in [-0.1, -0.05) is 6.42 Å². The Balaban J connectivity index is 1.62. The van der Waals surface area contributed by atoms with Crippen molar-refractivity contribution in [3.63, 3.8) is 0 Å². The first-order chi connectivity index (χ1) is 14.4. The number of carbonyl (C=O) groups is 1. The molecule has 0 spiro atoms. The highest BCUT2D eigenvalue weighted by atomic mass is 19.3. The van der Waals surface area contributed by atoms with Crippen LogP contribution in [0.5, 0.6) is 0 Å². The number of fused-ring (bicyclic) bond motifs is 2. The predicted molar refractivity (Wildman–Crippen MR) is 111 cm³/mol. The Morgan fingerprint density at radius 3 is 2.67 bits per heavy atom.